The Morgan fingerprint density at radius 3 is 2.58 bits per heavy atom. The third-order valence-corrected chi connectivity index (χ3v) is 3.05. The zero-order valence-corrected chi connectivity index (χ0v) is 17.6. The van der Waals surface area contributed by atoms with Crippen LogP contribution in [0.3, 0.4) is 0 Å². The van der Waals surface area contributed by atoms with E-state index in [0.29, 0.717) is 45.5 Å². The van der Waals surface area contributed by atoms with Crippen molar-refractivity contribution in [3.05, 3.63) is 29.8 Å². The molecule has 6 nitrogen and oxygen atoms in total. The summed E-state index contributed by atoms with van der Waals surface area (Å²) >= 11 is 0. The van der Waals surface area contributed by atoms with Gasteiger partial charge in [-0.25, -0.2) is 8.78 Å². The van der Waals surface area contributed by atoms with Gasteiger partial charge in [0, 0.05) is 32.9 Å². The molecule has 0 saturated heterocycles. The van der Waals surface area contributed by atoms with Crippen molar-refractivity contribution in [2.75, 3.05) is 53.2 Å². The van der Waals surface area contributed by atoms with Crippen molar-refractivity contribution >= 4 is 29.9 Å². The molecule has 1 aromatic carbocycles. The quantitative estimate of drug-likeness (QED) is 0.206. The summed E-state index contributed by atoms with van der Waals surface area (Å²) in [5.74, 6) is -0.851. The molecule has 0 bridgehead atoms. The molecule has 26 heavy (non-hydrogen) atoms. The van der Waals surface area contributed by atoms with Crippen LogP contribution < -0.4 is 15.4 Å². The lowest BCUT2D eigenvalue weighted by atomic mass is 10.3. The highest BCUT2D eigenvalue weighted by molar-refractivity contribution is 14.0. The molecule has 9 heteroatoms. The Balaban J connectivity index is 0.00000625. The topological polar surface area (TPSA) is 64.1 Å². The van der Waals surface area contributed by atoms with Crippen molar-refractivity contribution < 1.29 is 23.0 Å². The van der Waals surface area contributed by atoms with E-state index in [4.69, 9.17) is 14.2 Å². The number of hydrogen-bond donors (Lipinski definition) is 2. The second kappa shape index (κ2) is 16.0. The van der Waals surface area contributed by atoms with Crippen LogP contribution in [0.15, 0.2) is 23.2 Å². The molecule has 0 aliphatic heterocycles. The minimum absolute atomic E-state index is 0. The summed E-state index contributed by atoms with van der Waals surface area (Å²) in [5, 5.41) is 6.24. The molecule has 0 aliphatic carbocycles. The fraction of sp³-hybridized carbons (Fsp3) is 0.588. The van der Waals surface area contributed by atoms with Gasteiger partial charge in [-0.2, -0.15) is 0 Å². The Morgan fingerprint density at radius 2 is 1.88 bits per heavy atom. The lowest BCUT2D eigenvalue weighted by Crippen LogP contribution is -2.39. The van der Waals surface area contributed by atoms with E-state index < -0.39 is 11.6 Å². The molecule has 0 spiro atoms. The van der Waals surface area contributed by atoms with Gasteiger partial charge in [0.1, 0.15) is 12.4 Å². The highest BCUT2D eigenvalue weighted by Crippen LogP contribution is 2.14. The van der Waals surface area contributed by atoms with E-state index in [1.807, 2.05) is 6.92 Å². The largest absolute Gasteiger partial charge is 0.492 e. The van der Waals surface area contributed by atoms with E-state index in [1.165, 1.54) is 6.07 Å². The molecule has 150 valence electrons. The van der Waals surface area contributed by atoms with Crippen LogP contribution >= 0.6 is 24.0 Å². The van der Waals surface area contributed by atoms with Crippen LogP contribution in [0.4, 0.5) is 8.78 Å². The molecule has 0 saturated carbocycles. The van der Waals surface area contributed by atoms with Gasteiger partial charge in [-0.05, 0) is 25.5 Å². The van der Waals surface area contributed by atoms with Crippen molar-refractivity contribution in [3.63, 3.8) is 0 Å². The van der Waals surface area contributed by atoms with Gasteiger partial charge in [0.15, 0.2) is 17.6 Å². The molecule has 0 heterocycles. The third kappa shape index (κ3) is 11.4. The predicted molar refractivity (Wildman–Crippen MR) is 109 cm³/mol. The monoisotopic (exact) mass is 487 g/mol. The Morgan fingerprint density at radius 1 is 1.08 bits per heavy atom. The normalized spacial score (nSPS) is 11.0. The summed E-state index contributed by atoms with van der Waals surface area (Å²) in [7, 11) is 1.64. The predicted octanol–water partition coefficient (Wildman–Crippen LogP) is 2.57. The zero-order valence-electron chi connectivity index (χ0n) is 15.2. The first-order chi connectivity index (χ1) is 12.2. The van der Waals surface area contributed by atoms with Crippen molar-refractivity contribution in [2.24, 2.45) is 4.99 Å². The lowest BCUT2D eigenvalue weighted by Gasteiger charge is -2.12. The zero-order chi connectivity index (χ0) is 18.3. The highest BCUT2D eigenvalue weighted by atomic mass is 127. The Kier molecular flexibility index (Phi) is 15.3. The highest BCUT2D eigenvalue weighted by Gasteiger charge is 2.03. The van der Waals surface area contributed by atoms with E-state index in [-0.39, 0.29) is 29.7 Å². The van der Waals surface area contributed by atoms with Crippen LogP contribution in [0.5, 0.6) is 5.75 Å². The van der Waals surface area contributed by atoms with Crippen molar-refractivity contribution in [3.8, 4) is 5.75 Å². The fourth-order valence-corrected chi connectivity index (χ4v) is 1.85. The molecule has 0 unspecified atom stereocenters. The molecule has 2 N–H and O–H groups in total. The van der Waals surface area contributed by atoms with E-state index in [1.54, 1.807) is 7.11 Å². The Bertz CT molecular complexity index is 522. The van der Waals surface area contributed by atoms with E-state index in [0.717, 1.165) is 25.1 Å². The first-order valence-corrected chi connectivity index (χ1v) is 8.34. The second-order valence-corrected chi connectivity index (χ2v) is 5.07. The first-order valence-electron chi connectivity index (χ1n) is 8.34. The standard InChI is InChI=1S/C17H27F2N3O3.HI/c1-3-20-17(21-7-4-9-24-12-11-23-2)22-8-10-25-14-5-6-15(18)16(19)13-14;/h5-6,13H,3-4,7-12H2,1-2H3,(H2,20,21,22);1H. The molecular formula is C17H28F2IN3O3. The molecule has 1 aromatic rings. The molecule has 0 fully saturated rings. The molecule has 0 amide bonds. The first kappa shape index (κ1) is 24.8. The summed E-state index contributed by atoms with van der Waals surface area (Å²) < 4.78 is 41.5. The summed E-state index contributed by atoms with van der Waals surface area (Å²) in [6, 6.07) is 3.46. The van der Waals surface area contributed by atoms with Gasteiger partial charge in [0.25, 0.3) is 0 Å². The molecule has 1 rings (SSSR count). The van der Waals surface area contributed by atoms with E-state index >= 15 is 0 Å². The van der Waals surface area contributed by atoms with Gasteiger partial charge < -0.3 is 24.8 Å². The molecule has 0 radical (unpaired) electrons. The van der Waals surface area contributed by atoms with Gasteiger partial charge in [-0.15, -0.1) is 24.0 Å². The van der Waals surface area contributed by atoms with Gasteiger partial charge >= 0.3 is 0 Å². The molecule has 0 aliphatic rings. The lowest BCUT2D eigenvalue weighted by molar-refractivity contribution is 0.0702. The number of methoxy groups -OCH3 is 1. The summed E-state index contributed by atoms with van der Waals surface area (Å²) in [6.07, 6.45) is 0.811. The van der Waals surface area contributed by atoms with Crippen molar-refractivity contribution in [2.45, 2.75) is 13.3 Å². The van der Waals surface area contributed by atoms with E-state index in [9.17, 15) is 8.78 Å². The number of halogens is 3. The smallest absolute Gasteiger partial charge is 0.191 e. The minimum atomic E-state index is -0.923. The van der Waals surface area contributed by atoms with Crippen LogP contribution in [0.1, 0.15) is 13.3 Å². The fourth-order valence-electron chi connectivity index (χ4n) is 1.85. The maximum atomic E-state index is 13.1. The van der Waals surface area contributed by atoms with Gasteiger partial charge in [-0.3, -0.25) is 4.99 Å². The maximum Gasteiger partial charge on any atom is 0.191 e. The number of benzene rings is 1. The summed E-state index contributed by atoms with van der Waals surface area (Å²) in [4.78, 5) is 4.42. The van der Waals surface area contributed by atoms with Crippen LogP contribution in [0.2, 0.25) is 0 Å². The Labute approximate surface area is 170 Å². The summed E-state index contributed by atoms with van der Waals surface area (Å²) in [6.45, 7) is 5.93. The number of nitrogens with one attached hydrogen (secondary N) is 2. The number of ether oxygens (including phenoxy) is 3. The van der Waals surface area contributed by atoms with Gasteiger partial charge in [0.05, 0.1) is 19.8 Å². The van der Waals surface area contributed by atoms with Crippen LogP contribution in [0, 0.1) is 11.6 Å². The molecule has 0 aromatic heterocycles. The second-order valence-electron chi connectivity index (χ2n) is 5.07. The van der Waals surface area contributed by atoms with E-state index in [2.05, 4.69) is 15.6 Å². The summed E-state index contributed by atoms with van der Waals surface area (Å²) in [5.41, 5.74) is 0. The van der Waals surface area contributed by atoms with Crippen molar-refractivity contribution in [1.82, 2.24) is 10.6 Å². The SMILES string of the molecule is CCNC(=NCCCOCCOC)NCCOc1ccc(F)c(F)c1.I. The average molecular weight is 487 g/mol. The van der Waals surface area contributed by atoms with Gasteiger partial charge in [-0.1, -0.05) is 0 Å². The number of guanidine groups is 1. The van der Waals surface area contributed by atoms with Crippen LogP contribution in [0.25, 0.3) is 0 Å². The van der Waals surface area contributed by atoms with Crippen molar-refractivity contribution in [1.29, 1.82) is 0 Å². The van der Waals surface area contributed by atoms with Crippen LogP contribution in [-0.4, -0.2) is 59.1 Å². The number of aliphatic imine (C=N–C) groups is 1. The average Bonchev–Trinajstić information content (AvgIpc) is 2.60. The Hall–Kier alpha value is -1.20. The molecular weight excluding hydrogens is 459 g/mol. The number of hydrogen-bond acceptors (Lipinski definition) is 4. The number of rotatable bonds is 12. The molecule has 0 atom stereocenters. The van der Waals surface area contributed by atoms with Crippen LogP contribution in [-0.2, 0) is 9.47 Å². The van der Waals surface area contributed by atoms with Gasteiger partial charge in [0.2, 0.25) is 0 Å². The third-order valence-electron chi connectivity index (χ3n) is 3.05. The minimum Gasteiger partial charge on any atom is -0.492 e. The number of nitrogens with zero attached hydrogens (tertiary/aromatic N) is 1. The maximum absolute atomic E-state index is 13.1.